The maximum atomic E-state index is 14.0. The van der Waals surface area contributed by atoms with Gasteiger partial charge in [0, 0.05) is 37.5 Å². The van der Waals surface area contributed by atoms with Crippen molar-refractivity contribution in [3.8, 4) is 0 Å². The van der Waals surface area contributed by atoms with E-state index < -0.39 is 11.7 Å². The first-order chi connectivity index (χ1) is 12.7. The highest BCUT2D eigenvalue weighted by molar-refractivity contribution is 6.30. The third kappa shape index (κ3) is 5.03. The Morgan fingerprint density at radius 3 is 2.89 bits per heavy atom. The molecule has 7 nitrogen and oxygen atoms in total. The molecule has 0 aliphatic carbocycles. The number of halogens is 2. The number of rotatable bonds is 3. The molecule has 0 bridgehead atoms. The van der Waals surface area contributed by atoms with Gasteiger partial charge in [-0.25, -0.2) is 19.2 Å². The fraction of sp³-hybridized carbons (Fsp3) is 0.444. The summed E-state index contributed by atoms with van der Waals surface area (Å²) in [4.78, 5) is 26.3. The van der Waals surface area contributed by atoms with Crippen LogP contribution in [0.5, 0.6) is 0 Å². The van der Waals surface area contributed by atoms with Crippen LogP contribution < -0.4 is 5.32 Å². The molecule has 1 aliphatic heterocycles. The van der Waals surface area contributed by atoms with Gasteiger partial charge >= 0.3 is 6.09 Å². The Hall–Kier alpha value is -2.48. The zero-order valence-corrected chi connectivity index (χ0v) is 16.1. The quantitative estimate of drug-likeness (QED) is 0.798. The number of hydrogen-bond donors (Lipinski definition) is 1. The fourth-order valence-electron chi connectivity index (χ4n) is 2.77. The number of carbonyl (C=O) groups is 1. The summed E-state index contributed by atoms with van der Waals surface area (Å²) < 4.78 is 19.4. The second-order valence-corrected chi connectivity index (χ2v) is 7.72. The van der Waals surface area contributed by atoms with E-state index in [1.54, 1.807) is 39.2 Å². The van der Waals surface area contributed by atoms with Gasteiger partial charge in [-0.15, -0.1) is 0 Å². The van der Waals surface area contributed by atoms with Crippen LogP contribution in [-0.4, -0.2) is 51.2 Å². The van der Waals surface area contributed by atoms with Crippen molar-refractivity contribution in [2.24, 2.45) is 5.92 Å². The molecule has 3 rings (SSSR count). The lowest BCUT2D eigenvalue weighted by Gasteiger charge is -2.32. The number of nitrogens with zero attached hydrogens (tertiary/aromatic N) is 4. The first-order valence-electron chi connectivity index (χ1n) is 8.56. The van der Waals surface area contributed by atoms with Gasteiger partial charge in [0.1, 0.15) is 22.1 Å². The van der Waals surface area contributed by atoms with E-state index in [0.717, 1.165) is 0 Å². The van der Waals surface area contributed by atoms with Crippen LogP contribution in [0.4, 0.5) is 15.0 Å². The minimum absolute atomic E-state index is 0.0881. The van der Waals surface area contributed by atoms with Gasteiger partial charge in [-0.05, 0) is 26.8 Å². The van der Waals surface area contributed by atoms with Crippen LogP contribution in [0.15, 0.2) is 30.4 Å². The van der Waals surface area contributed by atoms with Crippen LogP contribution in [0.2, 0.25) is 5.15 Å². The number of fused-ring (bicyclic) bond motifs is 1. The van der Waals surface area contributed by atoms with Crippen molar-refractivity contribution in [3.05, 3.63) is 35.5 Å². The van der Waals surface area contributed by atoms with Crippen molar-refractivity contribution in [1.82, 2.24) is 19.9 Å². The average Bonchev–Trinajstić information content (AvgIpc) is 2.57. The Balaban J connectivity index is 1.71. The first kappa shape index (κ1) is 19.3. The Morgan fingerprint density at radius 2 is 2.15 bits per heavy atom. The van der Waals surface area contributed by atoms with Gasteiger partial charge in [0.15, 0.2) is 5.82 Å². The zero-order chi connectivity index (χ0) is 19.6. The van der Waals surface area contributed by atoms with Crippen LogP contribution in [0.25, 0.3) is 11.0 Å². The van der Waals surface area contributed by atoms with Crippen LogP contribution in [0.3, 0.4) is 0 Å². The number of carbonyl (C=O) groups excluding carboxylic acids is 1. The second-order valence-electron chi connectivity index (χ2n) is 7.33. The number of hydrogen-bond acceptors (Lipinski definition) is 6. The molecular formula is C18H21ClFN5O2. The number of aromatic nitrogens is 3. The highest BCUT2D eigenvalue weighted by Crippen LogP contribution is 2.23. The molecule has 1 N–H and O–H groups in total. The predicted octanol–water partition coefficient (Wildman–Crippen LogP) is 3.81. The standard InChI is InChI=1S/C18H21ClFN5O2/c1-18(2,3)27-17(26)25-9-11(6-12(20)10-25)8-23-16-15-13(7-14(19)24-16)21-4-5-22-15/h4-7,11H,8-10H2,1-3H3,(H,23,24). The lowest BCUT2D eigenvalue weighted by molar-refractivity contribution is 0.0227. The predicted molar refractivity (Wildman–Crippen MR) is 101 cm³/mol. The van der Waals surface area contributed by atoms with Crippen LogP contribution in [0, 0.1) is 5.92 Å². The highest BCUT2D eigenvalue weighted by Gasteiger charge is 2.28. The normalized spacial score (nSPS) is 17.6. The van der Waals surface area contributed by atoms with E-state index in [1.165, 1.54) is 11.0 Å². The topological polar surface area (TPSA) is 80.2 Å². The molecule has 3 heterocycles. The summed E-state index contributed by atoms with van der Waals surface area (Å²) in [6.07, 6.45) is 4.10. The van der Waals surface area contributed by atoms with Gasteiger partial charge in [-0.3, -0.25) is 4.98 Å². The molecule has 0 radical (unpaired) electrons. The molecule has 9 heteroatoms. The highest BCUT2D eigenvalue weighted by atomic mass is 35.5. The molecule has 1 aliphatic rings. The molecule has 0 spiro atoms. The monoisotopic (exact) mass is 393 g/mol. The first-order valence-corrected chi connectivity index (χ1v) is 8.94. The molecule has 1 unspecified atom stereocenters. The third-order valence-corrected chi connectivity index (χ3v) is 4.02. The maximum absolute atomic E-state index is 14.0. The number of amides is 1. The van der Waals surface area contributed by atoms with Gasteiger partial charge in [0.05, 0.1) is 12.1 Å². The van der Waals surface area contributed by atoms with Crippen molar-refractivity contribution >= 4 is 34.5 Å². The Kier molecular flexibility index (Phi) is 5.46. The van der Waals surface area contributed by atoms with Gasteiger partial charge in [0.25, 0.3) is 0 Å². The van der Waals surface area contributed by atoms with Crippen LogP contribution >= 0.6 is 11.6 Å². The van der Waals surface area contributed by atoms with Crippen LogP contribution in [-0.2, 0) is 4.74 Å². The van der Waals surface area contributed by atoms with Crippen molar-refractivity contribution in [1.29, 1.82) is 0 Å². The van der Waals surface area contributed by atoms with Gasteiger partial charge in [-0.2, -0.15) is 0 Å². The van der Waals surface area contributed by atoms with Gasteiger partial charge in [-0.1, -0.05) is 11.6 Å². The molecule has 27 heavy (non-hydrogen) atoms. The maximum Gasteiger partial charge on any atom is 0.410 e. The average molecular weight is 394 g/mol. The van der Waals surface area contributed by atoms with E-state index in [-0.39, 0.29) is 23.4 Å². The van der Waals surface area contributed by atoms with Gasteiger partial charge < -0.3 is 15.0 Å². The summed E-state index contributed by atoms with van der Waals surface area (Å²) >= 11 is 6.03. The van der Waals surface area contributed by atoms with E-state index in [4.69, 9.17) is 16.3 Å². The van der Waals surface area contributed by atoms with E-state index in [1.807, 2.05) is 0 Å². The summed E-state index contributed by atoms with van der Waals surface area (Å²) in [5, 5.41) is 3.42. The number of ether oxygens (including phenoxy) is 1. The van der Waals surface area contributed by atoms with Crippen LogP contribution in [0.1, 0.15) is 20.8 Å². The molecule has 0 saturated heterocycles. The van der Waals surface area contributed by atoms with Crippen molar-refractivity contribution in [2.45, 2.75) is 26.4 Å². The lowest BCUT2D eigenvalue weighted by Crippen LogP contribution is -2.43. The summed E-state index contributed by atoms with van der Waals surface area (Å²) in [5.74, 6) is -0.157. The third-order valence-electron chi connectivity index (χ3n) is 3.82. The van der Waals surface area contributed by atoms with Crippen molar-refractivity contribution in [3.63, 3.8) is 0 Å². The Bertz CT molecular complexity index is 884. The summed E-state index contributed by atoms with van der Waals surface area (Å²) in [5.41, 5.74) is 0.553. The lowest BCUT2D eigenvalue weighted by atomic mass is 10.0. The molecule has 2 aromatic rings. The molecule has 0 fully saturated rings. The van der Waals surface area contributed by atoms with E-state index >= 15 is 0 Å². The largest absolute Gasteiger partial charge is 0.444 e. The number of nitrogens with one attached hydrogen (secondary N) is 1. The van der Waals surface area contributed by atoms with E-state index in [9.17, 15) is 9.18 Å². The van der Waals surface area contributed by atoms with Crippen molar-refractivity contribution < 1.29 is 13.9 Å². The molecule has 1 amide bonds. The number of pyridine rings is 1. The summed E-state index contributed by atoms with van der Waals surface area (Å²) in [6.45, 7) is 5.92. The second kappa shape index (κ2) is 7.64. The Morgan fingerprint density at radius 1 is 1.41 bits per heavy atom. The smallest absolute Gasteiger partial charge is 0.410 e. The molecule has 1 atom stereocenters. The summed E-state index contributed by atoms with van der Waals surface area (Å²) in [6, 6.07) is 1.62. The number of anilines is 1. The molecule has 2 aromatic heterocycles. The SMILES string of the molecule is CC(C)(C)OC(=O)N1CC(F)=CC(CNc2nc(Cl)cc3nccnc23)C1. The van der Waals surface area contributed by atoms with Gasteiger partial charge in [0.2, 0.25) is 0 Å². The minimum atomic E-state index is -0.634. The Labute approximate surface area is 161 Å². The molecule has 0 aromatic carbocycles. The summed E-state index contributed by atoms with van der Waals surface area (Å²) in [7, 11) is 0. The minimum Gasteiger partial charge on any atom is -0.444 e. The zero-order valence-electron chi connectivity index (χ0n) is 15.4. The molecule has 0 saturated carbocycles. The van der Waals surface area contributed by atoms with Crippen molar-refractivity contribution in [2.75, 3.05) is 25.0 Å². The van der Waals surface area contributed by atoms with E-state index in [2.05, 4.69) is 20.3 Å². The fourth-order valence-corrected chi connectivity index (χ4v) is 2.96. The molecule has 144 valence electrons. The molecular weight excluding hydrogens is 373 g/mol. The van der Waals surface area contributed by atoms with E-state index in [0.29, 0.717) is 29.9 Å².